The van der Waals surface area contributed by atoms with Crippen LogP contribution in [-0.2, 0) is 28.3 Å². The zero-order chi connectivity index (χ0) is 36.1. The maximum Gasteiger partial charge on any atom is 0.154 e. The smallest absolute Gasteiger partial charge is 0.154 e. The van der Waals surface area contributed by atoms with E-state index in [4.69, 9.17) is 4.74 Å². The molecule has 0 atom stereocenters. The van der Waals surface area contributed by atoms with Gasteiger partial charge in [0.05, 0.1) is 5.56 Å². The van der Waals surface area contributed by atoms with Gasteiger partial charge in [-0.15, -0.1) is 0 Å². The number of fused-ring (bicyclic) bond motifs is 1. The minimum Gasteiger partial charge on any atom is -0.487 e. The van der Waals surface area contributed by atoms with Gasteiger partial charge in [0.25, 0.3) is 0 Å². The third-order valence-corrected chi connectivity index (χ3v) is 9.97. The normalized spacial score (nSPS) is 12.8. The summed E-state index contributed by atoms with van der Waals surface area (Å²) in [4.78, 5) is 13.3. The van der Waals surface area contributed by atoms with Crippen LogP contribution in [0.2, 0.25) is 0 Å². The van der Waals surface area contributed by atoms with Crippen molar-refractivity contribution in [1.29, 1.82) is 0 Å². The molecular formula is C46H53BrO2. The van der Waals surface area contributed by atoms with Crippen molar-refractivity contribution in [1.82, 2.24) is 0 Å². The summed E-state index contributed by atoms with van der Waals surface area (Å²) >= 11 is 3.86. The summed E-state index contributed by atoms with van der Waals surface area (Å²) in [6.07, 6.45) is 0.980. The summed E-state index contributed by atoms with van der Waals surface area (Å²) in [5, 5.41) is 1.96. The molecule has 256 valence electrons. The lowest BCUT2D eigenvalue weighted by Gasteiger charge is -2.27. The first kappa shape index (κ1) is 36.6. The number of hydrogen-bond acceptors (Lipinski definition) is 2. The van der Waals surface area contributed by atoms with Crippen molar-refractivity contribution in [2.45, 2.75) is 111 Å². The predicted molar refractivity (Wildman–Crippen MR) is 213 cm³/mol. The van der Waals surface area contributed by atoms with E-state index >= 15 is 0 Å². The highest BCUT2D eigenvalue weighted by atomic mass is 79.9. The van der Waals surface area contributed by atoms with Crippen molar-refractivity contribution in [3.63, 3.8) is 0 Å². The molecule has 5 aromatic carbocycles. The Balaban J connectivity index is 1.92. The molecule has 0 aromatic heterocycles. The molecule has 5 rings (SSSR count). The van der Waals surface area contributed by atoms with E-state index < -0.39 is 0 Å². The average molecular weight is 718 g/mol. The Morgan fingerprint density at radius 1 is 0.551 bits per heavy atom. The third-order valence-electron chi connectivity index (χ3n) is 9.51. The Morgan fingerprint density at radius 2 is 1.00 bits per heavy atom. The molecule has 0 heterocycles. The summed E-state index contributed by atoms with van der Waals surface area (Å²) < 4.78 is 7.67. The van der Waals surface area contributed by atoms with Crippen LogP contribution in [0.5, 0.6) is 5.75 Å². The zero-order valence-corrected chi connectivity index (χ0v) is 33.1. The van der Waals surface area contributed by atoms with E-state index in [2.05, 4.69) is 166 Å². The largest absolute Gasteiger partial charge is 0.487 e. The van der Waals surface area contributed by atoms with Crippen LogP contribution in [0, 0.1) is 0 Å². The van der Waals surface area contributed by atoms with Gasteiger partial charge < -0.3 is 4.74 Å². The number of aldehydes is 1. The highest BCUT2D eigenvalue weighted by molar-refractivity contribution is 9.10. The maximum absolute atomic E-state index is 13.3. The Hall–Kier alpha value is -3.69. The molecule has 0 N–H and O–H groups in total. The van der Waals surface area contributed by atoms with E-state index in [0.29, 0.717) is 17.9 Å². The average Bonchev–Trinajstić information content (AvgIpc) is 3.01. The molecule has 0 radical (unpaired) electrons. The second-order valence-electron chi connectivity index (χ2n) is 17.7. The van der Waals surface area contributed by atoms with Crippen LogP contribution in [0.3, 0.4) is 0 Å². The van der Waals surface area contributed by atoms with Crippen molar-refractivity contribution in [3.05, 3.63) is 123 Å². The van der Waals surface area contributed by atoms with Gasteiger partial charge >= 0.3 is 0 Å². The molecule has 0 spiro atoms. The summed E-state index contributed by atoms with van der Waals surface area (Å²) in [5.74, 6) is 0.607. The van der Waals surface area contributed by atoms with Crippen LogP contribution in [-0.4, -0.2) is 6.29 Å². The van der Waals surface area contributed by atoms with Crippen LogP contribution in [0.1, 0.15) is 121 Å². The molecule has 0 amide bonds. The fourth-order valence-electron chi connectivity index (χ4n) is 6.23. The molecule has 3 heteroatoms. The van der Waals surface area contributed by atoms with Gasteiger partial charge in [0, 0.05) is 9.86 Å². The van der Waals surface area contributed by atoms with Crippen LogP contribution in [0.25, 0.3) is 33.0 Å². The molecular weight excluding hydrogens is 664 g/mol. The molecule has 0 unspecified atom stereocenters. The van der Waals surface area contributed by atoms with Gasteiger partial charge in [-0.25, -0.2) is 0 Å². The van der Waals surface area contributed by atoms with E-state index in [-0.39, 0.29) is 21.7 Å². The van der Waals surface area contributed by atoms with Crippen molar-refractivity contribution in [2.24, 2.45) is 0 Å². The molecule has 2 nitrogen and oxygen atoms in total. The van der Waals surface area contributed by atoms with Gasteiger partial charge in [-0.1, -0.05) is 166 Å². The third kappa shape index (κ3) is 8.04. The van der Waals surface area contributed by atoms with Crippen LogP contribution in [0.15, 0.2) is 89.4 Å². The molecule has 0 bridgehead atoms. The summed E-state index contributed by atoms with van der Waals surface area (Å²) in [5.41, 5.74) is 10.6. The first-order chi connectivity index (χ1) is 22.7. The Kier molecular flexibility index (Phi) is 9.87. The lowest BCUT2D eigenvalue weighted by molar-refractivity contribution is 0.112. The van der Waals surface area contributed by atoms with Crippen molar-refractivity contribution >= 4 is 33.0 Å². The summed E-state index contributed by atoms with van der Waals surface area (Å²) in [6.45, 7) is 27.5. The van der Waals surface area contributed by atoms with Crippen LogP contribution >= 0.6 is 15.9 Å². The van der Waals surface area contributed by atoms with Crippen molar-refractivity contribution in [2.75, 3.05) is 0 Å². The standard InChI is InChI=1S/C46H53BrO2/c1-43(2,3)32-18-30(19-33(22-32)44(4,5)6)37-24-36(47)25-40-39(37)26-38(41(27-48)42(40)49-28-29-16-14-13-15-17-29)31-20-34(45(7,8)9)23-35(21-31)46(10,11)12/h13-27H,28H2,1-12H3. The number of carbonyl (C=O) groups excluding carboxylic acids is 1. The van der Waals surface area contributed by atoms with Gasteiger partial charge in [-0.2, -0.15) is 0 Å². The SMILES string of the molecule is CC(C)(C)c1cc(-c2cc3c(-c4cc(C(C)(C)C)cc(C(C)(C)C)c4)cc(Br)cc3c(OCc3ccccc3)c2C=O)cc(C(C)(C)C)c1. The van der Waals surface area contributed by atoms with E-state index in [9.17, 15) is 4.79 Å². The molecule has 0 saturated carbocycles. The summed E-state index contributed by atoms with van der Waals surface area (Å²) in [7, 11) is 0. The van der Waals surface area contributed by atoms with Crippen molar-refractivity contribution in [3.8, 4) is 28.0 Å². The molecule has 5 aromatic rings. The van der Waals surface area contributed by atoms with Crippen LogP contribution < -0.4 is 4.74 Å². The number of hydrogen-bond donors (Lipinski definition) is 0. The van der Waals surface area contributed by atoms with Crippen LogP contribution in [0.4, 0.5) is 0 Å². The Bertz CT molecular complexity index is 1940. The first-order valence-electron chi connectivity index (χ1n) is 17.4. The second-order valence-corrected chi connectivity index (χ2v) is 18.6. The van der Waals surface area contributed by atoms with Gasteiger partial charge in [-0.05, 0) is 95.3 Å². The highest BCUT2D eigenvalue weighted by Gasteiger charge is 2.26. The fourth-order valence-corrected chi connectivity index (χ4v) is 6.69. The molecule has 49 heavy (non-hydrogen) atoms. The van der Waals surface area contributed by atoms with Gasteiger partial charge in [-0.3, -0.25) is 4.79 Å². The molecule has 0 aliphatic carbocycles. The Labute approximate surface area is 303 Å². The topological polar surface area (TPSA) is 26.3 Å². The van der Waals surface area contributed by atoms with Crippen molar-refractivity contribution < 1.29 is 9.53 Å². The molecule has 0 fully saturated rings. The van der Waals surface area contributed by atoms with E-state index in [0.717, 1.165) is 49.3 Å². The van der Waals surface area contributed by atoms with E-state index in [1.54, 1.807) is 0 Å². The zero-order valence-electron chi connectivity index (χ0n) is 31.6. The number of benzene rings is 5. The predicted octanol–water partition coefficient (Wildman–Crippen LogP) is 13.5. The lowest BCUT2D eigenvalue weighted by atomic mass is 9.77. The molecule has 0 aliphatic rings. The fraction of sp³-hybridized carbons (Fsp3) is 0.370. The maximum atomic E-state index is 13.3. The molecule has 0 saturated heterocycles. The van der Waals surface area contributed by atoms with Gasteiger partial charge in [0.1, 0.15) is 12.4 Å². The monoisotopic (exact) mass is 716 g/mol. The lowest BCUT2D eigenvalue weighted by Crippen LogP contribution is -2.16. The summed E-state index contributed by atoms with van der Waals surface area (Å²) in [6, 6.07) is 30.6. The minimum absolute atomic E-state index is 0.0334. The second kappa shape index (κ2) is 13.2. The Morgan fingerprint density at radius 3 is 1.43 bits per heavy atom. The van der Waals surface area contributed by atoms with Gasteiger partial charge in [0.2, 0.25) is 0 Å². The molecule has 0 aliphatic heterocycles. The number of rotatable bonds is 6. The van der Waals surface area contributed by atoms with Gasteiger partial charge in [0.15, 0.2) is 6.29 Å². The highest BCUT2D eigenvalue weighted by Crippen LogP contribution is 2.45. The first-order valence-corrected chi connectivity index (χ1v) is 18.2. The van der Waals surface area contributed by atoms with E-state index in [1.807, 2.05) is 18.2 Å². The number of halogens is 1. The minimum atomic E-state index is -0.0758. The van der Waals surface area contributed by atoms with E-state index in [1.165, 1.54) is 22.3 Å². The number of ether oxygens (including phenoxy) is 1. The quantitative estimate of drug-likeness (QED) is 0.164. The number of carbonyl (C=O) groups is 1.